The van der Waals surface area contributed by atoms with Crippen LogP contribution in [0.2, 0.25) is 0 Å². The second-order valence-electron chi connectivity index (χ2n) is 6.53. The Kier molecular flexibility index (Phi) is 3.13. The molecule has 0 aliphatic carbocycles. The average Bonchev–Trinajstić information content (AvgIpc) is 2.52. The van der Waals surface area contributed by atoms with E-state index in [2.05, 4.69) is 55.3 Å². The lowest BCUT2D eigenvalue weighted by Crippen LogP contribution is -2.69. The van der Waals surface area contributed by atoms with E-state index in [4.69, 9.17) is 17.0 Å². The summed E-state index contributed by atoms with van der Waals surface area (Å²) in [5.41, 5.74) is 2.96. The van der Waals surface area contributed by atoms with Crippen molar-refractivity contribution in [3.05, 3.63) is 59.7 Å². The van der Waals surface area contributed by atoms with Crippen molar-refractivity contribution in [2.75, 3.05) is 4.90 Å². The minimum Gasteiger partial charge on any atom is -0.467 e. The summed E-state index contributed by atoms with van der Waals surface area (Å²) in [6.45, 7) is 6.47. The molecule has 2 aromatic carbocycles. The van der Waals surface area contributed by atoms with Gasteiger partial charge in [-0.1, -0.05) is 43.3 Å². The molecule has 2 heterocycles. The van der Waals surface area contributed by atoms with E-state index in [0.717, 1.165) is 16.5 Å². The summed E-state index contributed by atoms with van der Waals surface area (Å²) in [7, 11) is 0. The number of ether oxygens (including phenoxy) is 1. The Labute approximate surface area is 142 Å². The summed E-state index contributed by atoms with van der Waals surface area (Å²) in [6, 6.07) is 16.7. The monoisotopic (exact) mass is 324 g/mol. The molecule has 1 saturated heterocycles. The quantitative estimate of drug-likeness (QED) is 0.796. The average molecular weight is 324 g/mol. The number of nitrogens with zero attached hydrogens (tertiary/aromatic N) is 1. The van der Waals surface area contributed by atoms with Gasteiger partial charge < -0.3 is 10.1 Å². The fraction of sp³-hybridized carbons (Fsp3) is 0.316. The summed E-state index contributed by atoms with van der Waals surface area (Å²) in [6.07, 6.45) is 0. The van der Waals surface area contributed by atoms with Crippen molar-refractivity contribution in [2.45, 2.75) is 32.5 Å². The predicted molar refractivity (Wildman–Crippen MR) is 96.8 cm³/mol. The molecule has 4 heteroatoms. The molecule has 0 amide bonds. The molecule has 4 rings (SSSR count). The number of para-hydroxylation sites is 2. The Morgan fingerprint density at radius 3 is 2.61 bits per heavy atom. The first-order chi connectivity index (χ1) is 11.0. The van der Waals surface area contributed by atoms with Gasteiger partial charge in [-0.3, -0.25) is 4.90 Å². The van der Waals surface area contributed by atoms with E-state index in [1.54, 1.807) is 0 Å². The van der Waals surface area contributed by atoms with E-state index >= 15 is 0 Å². The molecule has 3 nitrogen and oxygen atoms in total. The largest absolute Gasteiger partial charge is 0.467 e. The molecular weight excluding hydrogens is 304 g/mol. The highest BCUT2D eigenvalue weighted by atomic mass is 32.1. The number of hydrogen-bond donors (Lipinski definition) is 1. The highest BCUT2D eigenvalue weighted by molar-refractivity contribution is 7.80. The SMILES string of the molecule is Cc1ccccc1N1C(=S)NC2c3ccccc3OC1(C)C2C. The number of nitrogens with one attached hydrogen (secondary N) is 1. The maximum Gasteiger partial charge on any atom is 0.190 e. The fourth-order valence-corrected chi connectivity index (χ4v) is 4.15. The highest BCUT2D eigenvalue weighted by Gasteiger charge is 2.53. The van der Waals surface area contributed by atoms with Gasteiger partial charge >= 0.3 is 0 Å². The molecule has 0 saturated carbocycles. The van der Waals surface area contributed by atoms with Crippen molar-refractivity contribution in [1.82, 2.24) is 5.32 Å². The van der Waals surface area contributed by atoms with E-state index in [-0.39, 0.29) is 12.0 Å². The smallest absolute Gasteiger partial charge is 0.190 e. The Bertz CT molecular complexity index is 790. The number of thiocarbonyl (C=S) groups is 1. The van der Waals surface area contributed by atoms with Gasteiger partial charge in [0.15, 0.2) is 10.8 Å². The number of aryl methyl sites for hydroxylation is 1. The topological polar surface area (TPSA) is 24.5 Å². The summed E-state index contributed by atoms with van der Waals surface area (Å²) in [4.78, 5) is 2.13. The Morgan fingerprint density at radius 1 is 1.13 bits per heavy atom. The summed E-state index contributed by atoms with van der Waals surface area (Å²) < 4.78 is 6.49. The van der Waals surface area contributed by atoms with Crippen LogP contribution in [0.3, 0.4) is 0 Å². The van der Waals surface area contributed by atoms with Crippen LogP contribution < -0.4 is 15.0 Å². The number of benzene rings is 2. The van der Waals surface area contributed by atoms with Gasteiger partial charge in [-0.15, -0.1) is 0 Å². The first-order valence-corrected chi connectivity index (χ1v) is 8.37. The van der Waals surface area contributed by atoms with Crippen LogP contribution in [0.25, 0.3) is 0 Å². The zero-order valence-electron chi connectivity index (χ0n) is 13.5. The van der Waals surface area contributed by atoms with Gasteiger partial charge in [-0.2, -0.15) is 0 Å². The molecule has 3 unspecified atom stereocenters. The van der Waals surface area contributed by atoms with Crippen LogP contribution in [0.15, 0.2) is 48.5 Å². The number of hydrogen-bond acceptors (Lipinski definition) is 2. The standard InChI is InChI=1S/C19H20N2OS/c1-12-8-4-6-10-15(12)21-18(23)20-17-13(2)19(21,3)22-16-11-7-5-9-14(16)17/h4-11,13,17H,1-3H3,(H,20,23). The van der Waals surface area contributed by atoms with E-state index in [1.165, 1.54) is 11.1 Å². The van der Waals surface area contributed by atoms with Crippen molar-refractivity contribution in [3.8, 4) is 5.75 Å². The Balaban J connectivity index is 1.89. The molecule has 0 radical (unpaired) electrons. The fourth-order valence-electron chi connectivity index (χ4n) is 3.74. The first-order valence-electron chi connectivity index (χ1n) is 7.96. The van der Waals surface area contributed by atoms with Crippen molar-refractivity contribution >= 4 is 23.0 Å². The molecule has 23 heavy (non-hydrogen) atoms. The maximum absolute atomic E-state index is 6.49. The Hall–Kier alpha value is -2.07. The summed E-state index contributed by atoms with van der Waals surface area (Å²) in [5, 5.41) is 4.25. The molecule has 2 aliphatic rings. The molecule has 0 spiro atoms. The molecule has 3 atom stereocenters. The van der Waals surface area contributed by atoms with Gasteiger partial charge in [-0.05, 0) is 43.8 Å². The van der Waals surface area contributed by atoms with Crippen LogP contribution in [-0.2, 0) is 0 Å². The van der Waals surface area contributed by atoms with E-state index in [1.807, 2.05) is 24.3 Å². The zero-order valence-corrected chi connectivity index (χ0v) is 14.4. The maximum atomic E-state index is 6.49. The first kappa shape index (κ1) is 14.5. The van der Waals surface area contributed by atoms with Gasteiger partial charge in [0, 0.05) is 17.2 Å². The van der Waals surface area contributed by atoms with Gasteiger partial charge in [0.05, 0.1) is 6.04 Å². The number of fused-ring (bicyclic) bond motifs is 4. The molecule has 0 aromatic heterocycles. The van der Waals surface area contributed by atoms with Gasteiger partial charge in [0.2, 0.25) is 0 Å². The van der Waals surface area contributed by atoms with E-state index < -0.39 is 5.72 Å². The van der Waals surface area contributed by atoms with Crippen LogP contribution >= 0.6 is 12.2 Å². The zero-order chi connectivity index (χ0) is 16.2. The molecular formula is C19H20N2OS. The lowest BCUT2D eigenvalue weighted by molar-refractivity contribution is -0.00324. The number of rotatable bonds is 1. The summed E-state index contributed by atoms with van der Waals surface area (Å²) >= 11 is 5.71. The minimum atomic E-state index is -0.506. The lowest BCUT2D eigenvalue weighted by atomic mass is 9.80. The van der Waals surface area contributed by atoms with E-state index in [9.17, 15) is 0 Å². The molecule has 2 aromatic rings. The lowest BCUT2D eigenvalue weighted by Gasteiger charge is -2.56. The van der Waals surface area contributed by atoms with Crippen LogP contribution in [0, 0.1) is 12.8 Å². The number of anilines is 1. The highest BCUT2D eigenvalue weighted by Crippen LogP contribution is 2.49. The third kappa shape index (κ3) is 1.98. The van der Waals surface area contributed by atoms with Crippen molar-refractivity contribution < 1.29 is 4.74 Å². The minimum absolute atomic E-state index is 0.178. The predicted octanol–water partition coefficient (Wildman–Crippen LogP) is 4.18. The van der Waals surface area contributed by atoms with Crippen molar-refractivity contribution in [2.24, 2.45) is 5.92 Å². The van der Waals surface area contributed by atoms with E-state index in [0.29, 0.717) is 0 Å². The molecule has 1 N–H and O–H groups in total. The van der Waals surface area contributed by atoms with Crippen LogP contribution in [0.5, 0.6) is 5.75 Å². The second kappa shape index (κ2) is 4.96. The normalized spacial score (nSPS) is 28.7. The molecule has 2 aliphatic heterocycles. The molecule has 118 valence electrons. The third-order valence-electron chi connectivity index (χ3n) is 5.20. The molecule has 2 bridgehead atoms. The summed E-state index contributed by atoms with van der Waals surface area (Å²) in [5.74, 6) is 1.19. The van der Waals surface area contributed by atoms with Crippen molar-refractivity contribution in [1.29, 1.82) is 0 Å². The van der Waals surface area contributed by atoms with Crippen LogP contribution in [0.1, 0.15) is 31.0 Å². The third-order valence-corrected chi connectivity index (χ3v) is 5.50. The van der Waals surface area contributed by atoms with Crippen LogP contribution in [-0.4, -0.2) is 10.8 Å². The second-order valence-corrected chi connectivity index (χ2v) is 6.92. The Morgan fingerprint density at radius 2 is 1.83 bits per heavy atom. The van der Waals surface area contributed by atoms with Crippen LogP contribution in [0.4, 0.5) is 5.69 Å². The van der Waals surface area contributed by atoms with Gasteiger partial charge in [0.25, 0.3) is 0 Å². The van der Waals surface area contributed by atoms with Gasteiger partial charge in [-0.25, -0.2) is 0 Å². The van der Waals surface area contributed by atoms with Crippen molar-refractivity contribution in [3.63, 3.8) is 0 Å². The van der Waals surface area contributed by atoms with Gasteiger partial charge in [0.1, 0.15) is 5.75 Å². The molecule has 1 fully saturated rings.